The van der Waals surface area contributed by atoms with Gasteiger partial charge in [0.25, 0.3) is 0 Å². The molecule has 0 saturated carbocycles. The monoisotopic (exact) mass is 552 g/mol. The Kier molecular flexibility index (Phi) is 5.26. The van der Waals surface area contributed by atoms with Crippen LogP contribution in [0.3, 0.4) is 0 Å². The lowest BCUT2D eigenvalue weighted by molar-refractivity contribution is 0.230. The number of nitrogens with zero attached hydrogens (tertiary/aromatic N) is 4. The van der Waals surface area contributed by atoms with Crippen LogP contribution in [0.25, 0.3) is 66.5 Å². The van der Waals surface area contributed by atoms with Crippen molar-refractivity contribution in [2.24, 2.45) is 4.99 Å². The second-order valence-electron chi connectivity index (χ2n) is 11.0. The number of fused-ring (bicyclic) bond motifs is 8. The van der Waals surface area contributed by atoms with Crippen LogP contribution in [0.2, 0.25) is 0 Å². The quantitative estimate of drug-likeness (QED) is 0.206. The van der Waals surface area contributed by atoms with E-state index in [4.69, 9.17) is 19.7 Å². The van der Waals surface area contributed by atoms with Crippen molar-refractivity contribution in [1.82, 2.24) is 15.0 Å². The molecule has 0 amide bonds. The van der Waals surface area contributed by atoms with Gasteiger partial charge >= 0.3 is 0 Å². The molecular formula is C38H24N4O. The molecule has 7 aromatic rings. The fraction of sp³-hybridized carbons (Fsp3) is 0.0526. The zero-order valence-corrected chi connectivity index (χ0v) is 23.1. The van der Waals surface area contributed by atoms with E-state index in [1.165, 1.54) is 16.3 Å². The van der Waals surface area contributed by atoms with Crippen molar-refractivity contribution in [2.75, 3.05) is 0 Å². The van der Waals surface area contributed by atoms with E-state index in [1.807, 2.05) is 42.6 Å². The van der Waals surface area contributed by atoms with Crippen molar-refractivity contribution >= 4 is 38.5 Å². The van der Waals surface area contributed by atoms with E-state index < -0.39 is 0 Å². The molecule has 0 saturated heterocycles. The highest BCUT2D eigenvalue weighted by atomic mass is 16.5. The molecule has 2 unspecified atom stereocenters. The van der Waals surface area contributed by atoms with E-state index in [0.717, 1.165) is 44.0 Å². The number of benzene rings is 6. The maximum absolute atomic E-state index is 6.15. The topological polar surface area (TPSA) is 60.3 Å². The first-order valence-electron chi connectivity index (χ1n) is 14.5. The predicted molar refractivity (Wildman–Crippen MR) is 173 cm³/mol. The van der Waals surface area contributed by atoms with Gasteiger partial charge in [0.1, 0.15) is 5.75 Å². The van der Waals surface area contributed by atoms with Gasteiger partial charge in [0, 0.05) is 28.5 Å². The molecule has 3 heterocycles. The maximum Gasteiger partial charge on any atom is 0.199 e. The minimum Gasteiger partial charge on any atom is -0.467 e. The number of hydrogen-bond acceptors (Lipinski definition) is 5. The first-order chi connectivity index (χ1) is 21.3. The molecule has 0 bridgehead atoms. The summed E-state index contributed by atoms with van der Waals surface area (Å²) in [6.45, 7) is 0. The Morgan fingerprint density at radius 1 is 0.535 bits per heavy atom. The smallest absolute Gasteiger partial charge is 0.199 e. The SMILES string of the molecule is C1=CC2c3c(ccc4cc(-c5nc(-c6ccccc6)nc(-c6cc7ccccc7c7ccccc67)n5)ccc34)OC2N=C1. The van der Waals surface area contributed by atoms with Crippen LogP contribution >= 0.6 is 0 Å². The third-order valence-corrected chi connectivity index (χ3v) is 8.48. The number of aliphatic imine (C=N–C) groups is 1. The van der Waals surface area contributed by atoms with Crippen LogP contribution < -0.4 is 4.74 Å². The Morgan fingerprint density at radius 3 is 2.14 bits per heavy atom. The van der Waals surface area contributed by atoms with Gasteiger partial charge in [-0.15, -0.1) is 0 Å². The average Bonchev–Trinajstić information content (AvgIpc) is 3.47. The standard InChI is InChI=1S/C38H24N4O/c1-2-9-23(10-3-1)35-40-36(26-16-18-28-25(21-26)17-19-33-34(28)31-15-8-20-39-38(31)43-33)42-37(41-35)32-22-24-11-4-5-12-27(24)29-13-6-7-14-30(29)32/h1-22,31,38H. The van der Waals surface area contributed by atoms with E-state index in [0.29, 0.717) is 17.5 Å². The molecule has 9 rings (SSSR count). The molecule has 5 nitrogen and oxygen atoms in total. The lowest BCUT2D eigenvalue weighted by Crippen LogP contribution is -2.16. The van der Waals surface area contributed by atoms with E-state index in [1.54, 1.807) is 0 Å². The Morgan fingerprint density at radius 2 is 1.26 bits per heavy atom. The molecule has 2 aliphatic heterocycles. The van der Waals surface area contributed by atoms with Gasteiger partial charge in [0.05, 0.1) is 5.92 Å². The van der Waals surface area contributed by atoms with Gasteiger partial charge < -0.3 is 4.74 Å². The average molecular weight is 553 g/mol. The van der Waals surface area contributed by atoms with Gasteiger partial charge in [-0.2, -0.15) is 0 Å². The van der Waals surface area contributed by atoms with Crippen molar-refractivity contribution in [3.63, 3.8) is 0 Å². The number of rotatable bonds is 3. The highest BCUT2D eigenvalue weighted by Gasteiger charge is 2.34. The minimum atomic E-state index is -0.193. The van der Waals surface area contributed by atoms with E-state index in [9.17, 15) is 0 Å². The summed E-state index contributed by atoms with van der Waals surface area (Å²) in [7, 11) is 0. The fourth-order valence-corrected chi connectivity index (χ4v) is 6.46. The van der Waals surface area contributed by atoms with Crippen molar-refractivity contribution in [2.45, 2.75) is 12.1 Å². The van der Waals surface area contributed by atoms with E-state index in [2.05, 4.69) is 96.0 Å². The molecule has 6 aromatic carbocycles. The third kappa shape index (κ3) is 3.86. The summed E-state index contributed by atoms with van der Waals surface area (Å²) in [5, 5.41) is 6.94. The second-order valence-corrected chi connectivity index (χ2v) is 11.0. The van der Waals surface area contributed by atoms with E-state index >= 15 is 0 Å². The van der Waals surface area contributed by atoms with Crippen molar-refractivity contribution in [3.8, 4) is 39.9 Å². The number of allylic oxidation sites excluding steroid dienone is 1. The van der Waals surface area contributed by atoms with Crippen LogP contribution in [-0.2, 0) is 0 Å². The molecule has 0 fully saturated rings. The first kappa shape index (κ1) is 24.0. The summed E-state index contributed by atoms with van der Waals surface area (Å²) < 4.78 is 6.15. The number of dihydropyridines is 1. The molecule has 43 heavy (non-hydrogen) atoms. The molecule has 2 atom stereocenters. The summed E-state index contributed by atoms with van der Waals surface area (Å²) in [6, 6.07) is 39.9. The maximum atomic E-state index is 6.15. The molecule has 0 spiro atoms. The van der Waals surface area contributed by atoms with Crippen LogP contribution in [0.4, 0.5) is 0 Å². The van der Waals surface area contributed by atoms with Gasteiger partial charge in [-0.3, -0.25) is 0 Å². The van der Waals surface area contributed by atoms with Gasteiger partial charge in [0.2, 0.25) is 0 Å². The van der Waals surface area contributed by atoms with Gasteiger partial charge in [0.15, 0.2) is 23.7 Å². The van der Waals surface area contributed by atoms with Crippen LogP contribution in [0.5, 0.6) is 5.75 Å². The predicted octanol–water partition coefficient (Wildman–Crippen LogP) is 8.77. The summed E-state index contributed by atoms with van der Waals surface area (Å²) in [6.07, 6.45) is 5.80. The van der Waals surface area contributed by atoms with Gasteiger partial charge in [-0.25, -0.2) is 19.9 Å². The van der Waals surface area contributed by atoms with Crippen LogP contribution in [0.1, 0.15) is 11.5 Å². The van der Waals surface area contributed by atoms with E-state index in [-0.39, 0.29) is 12.1 Å². The summed E-state index contributed by atoms with van der Waals surface area (Å²) in [4.78, 5) is 19.7. The molecule has 0 aliphatic carbocycles. The lowest BCUT2D eigenvalue weighted by Gasteiger charge is -2.14. The fourth-order valence-electron chi connectivity index (χ4n) is 6.46. The minimum absolute atomic E-state index is 0.115. The molecule has 2 aliphatic rings. The number of ether oxygens (including phenoxy) is 1. The highest BCUT2D eigenvalue weighted by molar-refractivity contribution is 6.13. The summed E-state index contributed by atoms with van der Waals surface area (Å²) in [5.41, 5.74) is 4.06. The zero-order valence-electron chi connectivity index (χ0n) is 23.1. The summed E-state index contributed by atoms with van der Waals surface area (Å²) in [5.74, 6) is 2.95. The molecular weight excluding hydrogens is 528 g/mol. The molecule has 0 N–H and O–H groups in total. The first-order valence-corrected chi connectivity index (χ1v) is 14.5. The Bertz CT molecular complexity index is 2290. The Hall–Kier alpha value is -5.68. The van der Waals surface area contributed by atoms with Crippen molar-refractivity contribution in [1.29, 1.82) is 0 Å². The largest absolute Gasteiger partial charge is 0.467 e. The van der Waals surface area contributed by atoms with Crippen LogP contribution in [-0.4, -0.2) is 27.4 Å². The number of hydrogen-bond donors (Lipinski definition) is 0. The molecule has 0 radical (unpaired) electrons. The van der Waals surface area contributed by atoms with Gasteiger partial charge in [-0.05, 0) is 56.6 Å². The van der Waals surface area contributed by atoms with Crippen LogP contribution in [0, 0.1) is 0 Å². The number of aromatic nitrogens is 3. The highest BCUT2D eigenvalue weighted by Crippen LogP contribution is 2.45. The lowest BCUT2D eigenvalue weighted by atomic mass is 9.91. The Labute approximate surface area is 247 Å². The van der Waals surface area contributed by atoms with Crippen molar-refractivity contribution < 1.29 is 4.74 Å². The molecule has 1 aromatic heterocycles. The molecule has 5 heteroatoms. The molecule has 202 valence electrons. The van der Waals surface area contributed by atoms with Gasteiger partial charge in [-0.1, -0.05) is 103 Å². The normalized spacial score (nSPS) is 16.8. The van der Waals surface area contributed by atoms with Crippen molar-refractivity contribution in [3.05, 3.63) is 133 Å². The zero-order chi connectivity index (χ0) is 28.3. The Balaban J connectivity index is 1.26. The van der Waals surface area contributed by atoms with Crippen LogP contribution in [0.15, 0.2) is 132 Å². The summed E-state index contributed by atoms with van der Waals surface area (Å²) >= 11 is 0. The second kappa shape index (κ2) is 9.43. The third-order valence-electron chi connectivity index (χ3n) is 8.48.